The van der Waals surface area contributed by atoms with Crippen LogP contribution in [0.5, 0.6) is 0 Å². The number of carbonyl (C=O) groups is 1. The van der Waals surface area contributed by atoms with Gasteiger partial charge in [0.25, 0.3) is 0 Å². The first-order valence-corrected chi connectivity index (χ1v) is 7.98. The highest BCUT2D eigenvalue weighted by molar-refractivity contribution is 5.78. The lowest BCUT2D eigenvalue weighted by Crippen LogP contribution is -2.50. The molecule has 1 aromatic rings. The number of halogens is 1. The predicted molar refractivity (Wildman–Crippen MR) is 87.5 cm³/mol. The third-order valence-corrected chi connectivity index (χ3v) is 4.32. The summed E-state index contributed by atoms with van der Waals surface area (Å²) in [7, 11) is 0. The first-order valence-electron chi connectivity index (χ1n) is 7.98. The van der Waals surface area contributed by atoms with Crippen molar-refractivity contribution >= 4 is 11.6 Å². The molecule has 0 radical (unpaired) electrons. The molecule has 2 rings (SSSR count). The number of nitrogens with one attached hydrogen (secondary N) is 1. The van der Waals surface area contributed by atoms with E-state index in [1.54, 1.807) is 0 Å². The quantitative estimate of drug-likeness (QED) is 0.905. The molecule has 1 aromatic carbocycles. The number of amides is 1. The summed E-state index contributed by atoms with van der Waals surface area (Å²) in [6.07, 6.45) is 0. The number of nitrogens with zero attached hydrogens (tertiary/aromatic N) is 2. The molecule has 1 aliphatic heterocycles. The summed E-state index contributed by atoms with van der Waals surface area (Å²) in [6, 6.07) is 6.79. The molecular formula is C17H26FN3O. The Morgan fingerprint density at radius 3 is 2.27 bits per heavy atom. The van der Waals surface area contributed by atoms with Gasteiger partial charge in [0, 0.05) is 37.9 Å². The van der Waals surface area contributed by atoms with Gasteiger partial charge in [-0.3, -0.25) is 9.69 Å². The molecule has 1 saturated heterocycles. The average molecular weight is 307 g/mol. The molecule has 0 saturated carbocycles. The van der Waals surface area contributed by atoms with E-state index in [1.807, 2.05) is 19.1 Å². The van der Waals surface area contributed by atoms with Crippen molar-refractivity contribution in [3.05, 3.63) is 30.1 Å². The van der Waals surface area contributed by atoms with Gasteiger partial charge >= 0.3 is 0 Å². The minimum atomic E-state index is -0.210. The summed E-state index contributed by atoms with van der Waals surface area (Å²) in [4.78, 5) is 16.4. The lowest BCUT2D eigenvalue weighted by molar-refractivity contribution is -0.123. The van der Waals surface area contributed by atoms with Crippen LogP contribution in [0.2, 0.25) is 0 Å². The first-order chi connectivity index (χ1) is 10.5. The zero-order chi connectivity index (χ0) is 16.1. The standard InChI is InChI=1S/C17H26FN3O/c1-13(2)14(3)19-17(22)12-20-8-10-21(11-9-20)16-6-4-15(18)5-7-16/h4-7,13-14H,8-12H2,1-3H3,(H,19,22)/t14-/m0/s1. The molecule has 0 aliphatic carbocycles. The second-order valence-electron chi connectivity index (χ2n) is 6.34. The summed E-state index contributed by atoms with van der Waals surface area (Å²) in [5, 5.41) is 3.04. The Morgan fingerprint density at radius 2 is 1.73 bits per heavy atom. The van der Waals surface area contributed by atoms with Crippen LogP contribution in [0.25, 0.3) is 0 Å². The lowest BCUT2D eigenvalue weighted by atomic mass is 10.1. The number of hydrogen-bond acceptors (Lipinski definition) is 3. The van der Waals surface area contributed by atoms with Crippen molar-refractivity contribution in [1.29, 1.82) is 0 Å². The Bertz CT molecular complexity index is 481. The van der Waals surface area contributed by atoms with Crippen molar-refractivity contribution in [3.63, 3.8) is 0 Å². The molecule has 0 aromatic heterocycles. The Morgan fingerprint density at radius 1 is 1.14 bits per heavy atom. The normalized spacial score (nSPS) is 17.6. The van der Waals surface area contributed by atoms with Gasteiger partial charge < -0.3 is 10.2 Å². The van der Waals surface area contributed by atoms with Gasteiger partial charge in [0.1, 0.15) is 5.82 Å². The van der Waals surface area contributed by atoms with Crippen molar-refractivity contribution in [2.45, 2.75) is 26.8 Å². The molecule has 22 heavy (non-hydrogen) atoms. The van der Waals surface area contributed by atoms with E-state index in [2.05, 4.69) is 29.0 Å². The first kappa shape index (κ1) is 16.7. The summed E-state index contributed by atoms with van der Waals surface area (Å²) < 4.78 is 12.9. The maximum absolute atomic E-state index is 12.9. The van der Waals surface area contributed by atoms with E-state index in [-0.39, 0.29) is 17.8 Å². The third-order valence-electron chi connectivity index (χ3n) is 4.32. The maximum atomic E-state index is 12.9. The van der Waals surface area contributed by atoms with E-state index in [9.17, 15) is 9.18 Å². The summed E-state index contributed by atoms with van der Waals surface area (Å²) in [6.45, 7) is 10.1. The zero-order valence-corrected chi connectivity index (χ0v) is 13.7. The predicted octanol–water partition coefficient (Wildman–Crippen LogP) is 2.11. The van der Waals surface area contributed by atoms with Gasteiger partial charge in [-0.05, 0) is 37.1 Å². The van der Waals surface area contributed by atoms with Gasteiger partial charge in [-0.1, -0.05) is 13.8 Å². The Labute approximate surface area is 132 Å². The van der Waals surface area contributed by atoms with Crippen LogP contribution in [0.1, 0.15) is 20.8 Å². The number of carbonyl (C=O) groups excluding carboxylic acids is 1. The van der Waals surface area contributed by atoms with Gasteiger partial charge in [0.05, 0.1) is 6.54 Å². The van der Waals surface area contributed by atoms with E-state index < -0.39 is 0 Å². The fourth-order valence-corrected chi connectivity index (χ4v) is 2.49. The molecule has 1 atom stereocenters. The molecule has 0 bridgehead atoms. The van der Waals surface area contributed by atoms with Crippen LogP contribution < -0.4 is 10.2 Å². The van der Waals surface area contributed by atoms with Crippen LogP contribution in [0.4, 0.5) is 10.1 Å². The van der Waals surface area contributed by atoms with Crippen LogP contribution in [0.15, 0.2) is 24.3 Å². The molecular weight excluding hydrogens is 281 g/mol. The van der Waals surface area contributed by atoms with Gasteiger partial charge in [-0.15, -0.1) is 0 Å². The van der Waals surface area contributed by atoms with E-state index in [1.165, 1.54) is 12.1 Å². The van der Waals surface area contributed by atoms with Crippen molar-refractivity contribution < 1.29 is 9.18 Å². The summed E-state index contributed by atoms with van der Waals surface area (Å²) >= 11 is 0. The van der Waals surface area contributed by atoms with Gasteiger partial charge in [0.2, 0.25) is 5.91 Å². The van der Waals surface area contributed by atoms with E-state index >= 15 is 0 Å². The highest BCUT2D eigenvalue weighted by Gasteiger charge is 2.20. The smallest absolute Gasteiger partial charge is 0.234 e. The average Bonchev–Trinajstić information content (AvgIpc) is 2.48. The molecule has 1 N–H and O–H groups in total. The Kier molecular flexibility index (Phi) is 5.77. The second-order valence-corrected chi connectivity index (χ2v) is 6.34. The van der Waals surface area contributed by atoms with Crippen molar-refractivity contribution in [2.24, 2.45) is 5.92 Å². The molecule has 0 spiro atoms. The number of rotatable bonds is 5. The molecule has 122 valence electrons. The van der Waals surface area contributed by atoms with Crippen LogP contribution in [-0.2, 0) is 4.79 Å². The molecule has 5 heteroatoms. The lowest BCUT2D eigenvalue weighted by Gasteiger charge is -2.36. The summed E-state index contributed by atoms with van der Waals surface area (Å²) in [5.41, 5.74) is 1.04. The summed E-state index contributed by atoms with van der Waals surface area (Å²) in [5.74, 6) is 0.328. The van der Waals surface area contributed by atoms with Crippen LogP contribution in [0.3, 0.4) is 0 Å². The van der Waals surface area contributed by atoms with Crippen LogP contribution in [0, 0.1) is 11.7 Å². The fourth-order valence-electron chi connectivity index (χ4n) is 2.49. The van der Waals surface area contributed by atoms with Gasteiger partial charge in [-0.25, -0.2) is 4.39 Å². The number of piperazine rings is 1. The van der Waals surface area contributed by atoms with Crippen LogP contribution >= 0.6 is 0 Å². The zero-order valence-electron chi connectivity index (χ0n) is 13.7. The molecule has 0 unspecified atom stereocenters. The topological polar surface area (TPSA) is 35.6 Å². The Hall–Kier alpha value is -1.62. The SMILES string of the molecule is CC(C)[C@H](C)NC(=O)CN1CCN(c2ccc(F)cc2)CC1. The largest absolute Gasteiger partial charge is 0.369 e. The third kappa shape index (κ3) is 4.70. The number of benzene rings is 1. The minimum Gasteiger partial charge on any atom is -0.369 e. The highest BCUT2D eigenvalue weighted by atomic mass is 19.1. The fraction of sp³-hybridized carbons (Fsp3) is 0.588. The second kappa shape index (κ2) is 7.58. The van der Waals surface area contributed by atoms with Crippen molar-refractivity contribution in [1.82, 2.24) is 10.2 Å². The molecule has 1 aliphatic rings. The van der Waals surface area contributed by atoms with Crippen molar-refractivity contribution in [2.75, 3.05) is 37.6 Å². The monoisotopic (exact) mass is 307 g/mol. The van der Waals surface area contributed by atoms with Gasteiger partial charge in [-0.2, -0.15) is 0 Å². The highest BCUT2D eigenvalue weighted by Crippen LogP contribution is 2.16. The van der Waals surface area contributed by atoms with E-state index in [0.29, 0.717) is 12.5 Å². The molecule has 1 fully saturated rings. The van der Waals surface area contributed by atoms with E-state index in [0.717, 1.165) is 31.9 Å². The minimum absolute atomic E-state index is 0.0939. The number of anilines is 1. The van der Waals surface area contributed by atoms with E-state index in [4.69, 9.17) is 0 Å². The number of hydrogen-bond donors (Lipinski definition) is 1. The Balaban J connectivity index is 1.77. The van der Waals surface area contributed by atoms with Crippen molar-refractivity contribution in [3.8, 4) is 0 Å². The molecule has 4 nitrogen and oxygen atoms in total. The van der Waals surface area contributed by atoms with Crippen LogP contribution in [-0.4, -0.2) is 49.6 Å². The van der Waals surface area contributed by atoms with Gasteiger partial charge in [0.15, 0.2) is 0 Å². The molecule has 1 amide bonds. The maximum Gasteiger partial charge on any atom is 0.234 e. The molecule has 1 heterocycles.